The van der Waals surface area contributed by atoms with Gasteiger partial charge in [-0.25, -0.2) is 5.43 Å². The zero-order valence-corrected chi connectivity index (χ0v) is 14.3. The number of methoxy groups -OCH3 is 1. The number of nitrogens with zero attached hydrogens (tertiary/aromatic N) is 2. The Bertz CT molecular complexity index is 624. The SMILES string of the molecule is COc1cnn(C(C)C)c1C(NN)c1ccc(C)cc1Br. The van der Waals surface area contributed by atoms with Crippen LogP contribution in [-0.4, -0.2) is 16.9 Å². The number of hydrazine groups is 1. The van der Waals surface area contributed by atoms with Crippen molar-refractivity contribution in [2.24, 2.45) is 5.84 Å². The molecule has 1 atom stereocenters. The molecule has 3 N–H and O–H groups in total. The predicted molar refractivity (Wildman–Crippen MR) is 87.2 cm³/mol. The molecule has 0 spiro atoms. The molecule has 0 fully saturated rings. The second-order valence-corrected chi connectivity index (χ2v) is 6.12. The Hall–Kier alpha value is -1.37. The lowest BCUT2D eigenvalue weighted by molar-refractivity contribution is 0.394. The van der Waals surface area contributed by atoms with Gasteiger partial charge in [-0.2, -0.15) is 5.10 Å². The highest BCUT2D eigenvalue weighted by atomic mass is 79.9. The summed E-state index contributed by atoms with van der Waals surface area (Å²) in [6.45, 7) is 6.21. The van der Waals surface area contributed by atoms with Crippen molar-refractivity contribution in [2.75, 3.05) is 7.11 Å². The molecule has 0 amide bonds. The lowest BCUT2D eigenvalue weighted by Crippen LogP contribution is -2.31. The van der Waals surface area contributed by atoms with Crippen molar-refractivity contribution < 1.29 is 4.74 Å². The summed E-state index contributed by atoms with van der Waals surface area (Å²) in [4.78, 5) is 0. The van der Waals surface area contributed by atoms with E-state index in [0.717, 1.165) is 21.5 Å². The van der Waals surface area contributed by atoms with E-state index in [2.05, 4.69) is 65.4 Å². The summed E-state index contributed by atoms with van der Waals surface area (Å²) in [6.07, 6.45) is 1.72. The highest BCUT2D eigenvalue weighted by Crippen LogP contribution is 2.34. The number of aryl methyl sites for hydroxylation is 1. The summed E-state index contributed by atoms with van der Waals surface area (Å²) in [5.41, 5.74) is 6.03. The number of nitrogens with one attached hydrogen (secondary N) is 1. The van der Waals surface area contributed by atoms with E-state index in [-0.39, 0.29) is 12.1 Å². The molecule has 0 aliphatic heterocycles. The first-order valence-electron chi connectivity index (χ1n) is 6.83. The number of hydrogen-bond acceptors (Lipinski definition) is 4. The van der Waals surface area contributed by atoms with Gasteiger partial charge in [0.05, 0.1) is 19.3 Å². The van der Waals surface area contributed by atoms with Crippen LogP contribution in [0.1, 0.15) is 42.8 Å². The van der Waals surface area contributed by atoms with E-state index >= 15 is 0 Å². The Morgan fingerprint density at radius 2 is 2.10 bits per heavy atom. The van der Waals surface area contributed by atoms with E-state index in [9.17, 15) is 0 Å². The van der Waals surface area contributed by atoms with Crippen molar-refractivity contribution in [1.29, 1.82) is 0 Å². The van der Waals surface area contributed by atoms with Crippen LogP contribution < -0.4 is 16.0 Å². The maximum absolute atomic E-state index is 5.83. The summed E-state index contributed by atoms with van der Waals surface area (Å²) in [5, 5.41) is 4.41. The van der Waals surface area contributed by atoms with Gasteiger partial charge in [0, 0.05) is 10.5 Å². The zero-order valence-electron chi connectivity index (χ0n) is 12.7. The van der Waals surface area contributed by atoms with E-state index in [1.54, 1.807) is 13.3 Å². The topological polar surface area (TPSA) is 65.1 Å². The van der Waals surface area contributed by atoms with Crippen LogP contribution >= 0.6 is 15.9 Å². The van der Waals surface area contributed by atoms with E-state index in [4.69, 9.17) is 10.6 Å². The Morgan fingerprint density at radius 1 is 1.38 bits per heavy atom. The molecule has 114 valence electrons. The Kier molecular flexibility index (Phi) is 5.03. The first-order valence-corrected chi connectivity index (χ1v) is 7.62. The van der Waals surface area contributed by atoms with Crippen LogP contribution in [0.2, 0.25) is 0 Å². The van der Waals surface area contributed by atoms with Crippen LogP contribution in [-0.2, 0) is 0 Å². The minimum absolute atomic E-state index is 0.208. The average molecular weight is 353 g/mol. The number of ether oxygens (including phenoxy) is 1. The van der Waals surface area contributed by atoms with Gasteiger partial charge < -0.3 is 4.74 Å². The number of hydrogen-bond donors (Lipinski definition) is 2. The molecule has 1 heterocycles. The van der Waals surface area contributed by atoms with Crippen LogP contribution in [0.15, 0.2) is 28.9 Å². The molecule has 1 aromatic carbocycles. The molecule has 21 heavy (non-hydrogen) atoms. The fraction of sp³-hybridized carbons (Fsp3) is 0.400. The lowest BCUT2D eigenvalue weighted by atomic mass is 10.0. The van der Waals surface area contributed by atoms with Gasteiger partial charge in [0.2, 0.25) is 0 Å². The summed E-state index contributed by atoms with van der Waals surface area (Å²) in [7, 11) is 1.64. The zero-order chi connectivity index (χ0) is 15.6. The fourth-order valence-corrected chi connectivity index (χ4v) is 3.10. The van der Waals surface area contributed by atoms with E-state index in [1.165, 1.54) is 5.56 Å². The molecule has 2 rings (SSSR count). The van der Waals surface area contributed by atoms with Crippen molar-refractivity contribution in [2.45, 2.75) is 32.9 Å². The summed E-state index contributed by atoms with van der Waals surface area (Å²) in [6, 6.07) is 6.19. The smallest absolute Gasteiger partial charge is 0.161 e. The summed E-state index contributed by atoms with van der Waals surface area (Å²) < 4.78 is 8.38. The lowest BCUT2D eigenvalue weighted by Gasteiger charge is -2.22. The monoisotopic (exact) mass is 352 g/mol. The van der Waals surface area contributed by atoms with Gasteiger partial charge in [-0.05, 0) is 38.0 Å². The average Bonchev–Trinajstić information content (AvgIpc) is 2.86. The van der Waals surface area contributed by atoms with Crippen LogP contribution in [0.5, 0.6) is 5.75 Å². The van der Waals surface area contributed by atoms with E-state index in [0.29, 0.717) is 0 Å². The van der Waals surface area contributed by atoms with Crippen LogP contribution in [0.25, 0.3) is 0 Å². The Morgan fingerprint density at radius 3 is 2.62 bits per heavy atom. The first-order chi connectivity index (χ1) is 9.99. The largest absolute Gasteiger partial charge is 0.493 e. The molecule has 0 aliphatic carbocycles. The summed E-state index contributed by atoms with van der Waals surface area (Å²) >= 11 is 3.62. The number of benzene rings is 1. The number of halogens is 1. The van der Waals surface area contributed by atoms with Crippen LogP contribution in [0.4, 0.5) is 0 Å². The molecular weight excluding hydrogens is 332 g/mol. The number of rotatable bonds is 5. The first kappa shape index (κ1) is 16.0. The minimum atomic E-state index is -0.208. The maximum Gasteiger partial charge on any atom is 0.161 e. The molecule has 0 saturated heterocycles. The molecule has 2 aromatic rings. The van der Waals surface area contributed by atoms with E-state index in [1.807, 2.05) is 4.68 Å². The van der Waals surface area contributed by atoms with Gasteiger partial charge in [0.25, 0.3) is 0 Å². The van der Waals surface area contributed by atoms with Crippen LogP contribution in [0.3, 0.4) is 0 Å². The molecule has 5 nitrogen and oxygen atoms in total. The fourth-order valence-electron chi connectivity index (χ4n) is 2.38. The summed E-state index contributed by atoms with van der Waals surface area (Å²) in [5.74, 6) is 6.55. The van der Waals surface area contributed by atoms with Crippen molar-refractivity contribution in [3.63, 3.8) is 0 Å². The molecule has 1 aromatic heterocycles. The minimum Gasteiger partial charge on any atom is -0.493 e. The van der Waals surface area contributed by atoms with Crippen molar-refractivity contribution in [3.8, 4) is 5.75 Å². The van der Waals surface area contributed by atoms with E-state index < -0.39 is 0 Å². The highest BCUT2D eigenvalue weighted by molar-refractivity contribution is 9.10. The van der Waals surface area contributed by atoms with Crippen molar-refractivity contribution in [3.05, 3.63) is 45.7 Å². The molecule has 0 saturated carbocycles. The second kappa shape index (κ2) is 6.60. The number of nitrogens with two attached hydrogens (primary N) is 1. The molecule has 1 unspecified atom stereocenters. The predicted octanol–water partition coefficient (Wildman–Crippen LogP) is 3.10. The van der Waals surface area contributed by atoms with Crippen molar-refractivity contribution in [1.82, 2.24) is 15.2 Å². The maximum atomic E-state index is 5.83. The van der Waals surface area contributed by atoms with Gasteiger partial charge in [-0.3, -0.25) is 10.5 Å². The van der Waals surface area contributed by atoms with Gasteiger partial charge >= 0.3 is 0 Å². The third-order valence-electron chi connectivity index (χ3n) is 3.41. The molecule has 6 heteroatoms. The molecule has 0 aliphatic rings. The van der Waals surface area contributed by atoms with Gasteiger partial charge in [0.15, 0.2) is 5.75 Å². The molecular formula is C15H21BrN4O. The van der Waals surface area contributed by atoms with Crippen LogP contribution in [0, 0.1) is 6.92 Å². The molecule has 0 bridgehead atoms. The third-order valence-corrected chi connectivity index (χ3v) is 4.10. The quantitative estimate of drug-likeness (QED) is 0.640. The normalized spacial score (nSPS) is 12.7. The van der Waals surface area contributed by atoms with Crippen molar-refractivity contribution >= 4 is 15.9 Å². The van der Waals surface area contributed by atoms with Gasteiger partial charge in [-0.1, -0.05) is 28.1 Å². The number of aromatic nitrogens is 2. The Labute approximate surface area is 133 Å². The molecule has 0 radical (unpaired) electrons. The Balaban J connectivity index is 2.58. The standard InChI is InChI=1S/C15H21BrN4O/c1-9(2)20-15(13(21-4)8-18-20)14(19-17)11-6-5-10(3)7-12(11)16/h5-9,14,19H,17H2,1-4H3. The highest BCUT2D eigenvalue weighted by Gasteiger charge is 2.25. The third kappa shape index (κ3) is 3.12. The van der Waals surface area contributed by atoms with Gasteiger partial charge in [0.1, 0.15) is 5.69 Å². The van der Waals surface area contributed by atoms with Gasteiger partial charge in [-0.15, -0.1) is 0 Å². The second-order valence-electron chi connectivity index (χ2n) is 5.26.